The maximum Gasteiger partial charge on any atom is 0.253 e. The zero-order valence-corrected chi connectivity index (χ0v) is 13.4. The van der Waals surface area contributed by atoms with Gasteiger partial charge in [0.2, 0.25) is 5.91 Å². The number of H-pyrrole nitrogens is 1. The monoisotopic (exact) mass is 303 g/mol. The fourth-order valence-electron chi connectivity index (χ4n) is 2.47. The van der Waals surface area contributed by atoms with Gasteiger partial charge in [-0.1, -0.05) is 5.16 Å². The van der Waals surface area contributed by atoms with Gasteiger partial charge in [-0.3, -0.25) is 9.59 Å². The van der Waals surface area contributed by atoms with Crippen molar-refractivity contribution in [1.29, 1.82) is 0 Å². The van der Waals surface area contributed by atoms with Gasteiger partial charge in [0.1, 0.15) is 5.76 Å². The molecule has 0 atom stereocenters. The maximum absolute atomic E-state index is 11.9. The van der Waals surface area contributed by atoms with Crippen LogP contribution in [0.15, 0.2) is 15.4 Å². The van der Waals surface area contributed by atoms with Crippen LogP contribution in [0.2, 0.25) is 0 Å². The molecule has 0 radical (unpaired) electrons. The second-order valence-corrected chi connectivity index (χ2v) is 5.52. The molecule has 6 heteroatoms. The zero-order chi connectivity index (χ0) is 16.3. The number of hydrogen-bond donors (Lipinski definition) is 2. The Bertz CT molecular complexity index is 724. The maximum atomic E-state index is 11.9. The number of hydrogen-bond acceptors (Lipinski definition) is 4. The summed E-state index contributed by atoms with van der Waals surface area (Å²) in [6.45, 7) is 7.64. The minimum atomic E-state index is -0.150. The molecule has 0 aliphatic carbocycles. The summed E-state index contributed by atoms with van der Waals surface area (Å²) in [5.41, 5.74) is 3.93. The molecule has 0 aliphatic rings. The molecule has 2 aromatic heterocycles. The summed E-state index contributed by atoms with van der Waals surface area (Å²) in [6.07, 6.45) is 0.919. The number of nitrogens with one attached hydrogen (secondary N) is 2. The first-order chi connectivity index (χ1) is 10.4. The molecule has 0 aliphatic heterocycles. The van der Waals surface area contributed by atoms with Crippen molar-refractivity contribution in [3.8, 4) is 0 Å². The van der Waals surface area contributed by atoms with E-state index in [2.05, 4.69) is 15.5 Å². The fraction of sp³-hybridized carbons (Fsp3) is 0.438. The second kappa shape index (κ2) is 6.60. The summed E-state index contributed by atoms with van der Waals surface area (Å²) in [7, 11) is 0. The van der Waals surface area contributed by atoms with Crippen LogP contribution in [0.5, 0.6) is 0 Å². The Balaban J connectivity index is 1.93. The molecule has 0 fully saturated rings. The van der Waals surface area contributed by atoms with Gasteiger partial charge in [0.15, 0.2) is 0 Å². The molecular weight excluding hydrogens is 282 g/mol. The van der Waals surface area contributed by atoms with Crippen LogP contribution in [0.4, 0.5) is 0 Å². The van der Waals surface area contributed by atoms with Crippen LogP contribution in [0.1, 0.15) is 40.3 Å². The number of nitrogens with zero attached hydrogens (tertiary/aromatic N) is 1. The van der Waals surface area contributed by atoms with Gasteiger partial charge < -0.3 is 14.8 Å². The first-order valence-electron chi connectivity index (χ1n) is 7.26. The average Bonchev–Trinajstić information content (AvgIpc) is 2.74. The van der Waals surface area contributed by atoms with Gasteiger partial charge in [-0.15, -0.1) is 0 Å². The molecule has 6 nitrogen and oxygen atoms in total. The predicted molar refractivity (Wildman–Crippen MR) is 82.7 cm³/mol. The molecule has 2 rings (SSSR count). The number of carbonyl (C=O) groups is 1. The van der Waals surface area contributed by atoms with Crippen LogP contribution in [-0.2, 0) is 17.8 Å². The Morgan fingerprint density at radius 2 is 2.00 bits per heavy atom. The van der Waals surface area contributed by atoms with E-state index in [1.54, 1.807) is 0 Å². The van der Waals surface area contributed by atoms with Gasteiger partial charge in [-0.25, -0.2) is 0 Å². The number of rotatable bonds is 5. The third-order valence-electron chi connectivity index (χ3n) is 3.74. The molecule has 0 spiro atoms. The largest absolute Gasteiger partial charge is 0.361 e. The Kier molecular flexibility index (Phi) is 4.80. The molecule has 22 heavy (non-hydrogen) atoms. The number of carbonyl (C=O) groups excluding carboxylic acids is 1. The van der Waals surface area contributed by atoms with Crippen molar-refractivity contribution in [2.75, 3.05) is 0 Å². The van der Waals surface area contributed by atoms with Crippen molar-refractivity contribution in [2.24, 2.45) is 0 Å². The van der Waals surface area contributed by atoms with Gasteiger partial charge >= 0.3 is 0 Å². The molecule has 0 saturated carbocycles. The van der Waals surface area contributed by atoms with E-state index in [4.69, 9.17) is 4.52 Å². The minimum Gasteiger partial charge on any atom is -0.361 e. The minimum absolute atomic E-state index is 0.0978. The normalized spacial score (nSPS) is 10.7. The first kappa shape index (κ1) is 16.0. The lowest BCUT2D eigenvalue weighted by atomic mass is 10.1. The number of aromatic amines is 1. The van der Waals surface area contributed by atoms with E-state index in [0.29, 0.717) is 18.4 Å². The van der Waals surface area contributed by atoms with Gasteiger partial charge in [-0.05, 0) is 45.7 Å². The zero-order valence-electron chi connectivity index (χ0n) is 13.4. The summed E-state index contributed by atoms with van der Waals surface area (Å²) < 4.78 is 5.07. The SMILES string of the molecule is Cc1cc(C)c(CNC(=O)CCc2c(C)noc2C)c(=O)[nH]1. The Morgan fingerprint density at radius 1 is 1.27 bits per heavy atom. The van der Waals surface area contributed by atoms with E-state index in [1.807, 2.05) is 33.8 Å². The molecule has 2 aromatic rings. The highest BCUT2D eigenvalue weighted by Gasteiger charge is 2.12. The fourth-order valence-corrected chi connectivity index (χ4v) is 2.47. The smallest absolute Gasteiger partial charge is 0.253 e. The molecule has 2 heterocycles. The standard InChI is InChI=1S/C16H21N3O3/c1-9-7-10(2)18-16(21)14(9)8-17-15(20)6-5-13-11(3)19-22-12(13)4/h7H,5-6,8H2,1-4H3,(H,17,20)(H,18,21). The molecular formula is C16H21N3O3. The number of pyridine rings is 1. The Labute approximate surface area is 128 Å². The molecule has 118 valence electrons. The van der Waals surface area contributed by atoms with E-state index >= 15 is 0 Å². The topological polar surface area (TPSA) is 88.0 Å². The summed E-state index contributed by atoms with van der Waals surface area (Å²) in [4.78, 5) is 26.6. The molecule has 0 bridgehead atoms. The number of aromatic nitrogens is 2. The van der Waals surface area contributed by atoms with Gasteiger partial charge in [0, 0.05) is 29.8 Å². The second-order valence-electron chi connectivity index (χ2n) is 5.52. The summed E-state index contributed by atoms with van der Waals surface area (Å²) in [6, 6.07) is 1.90. The highest BCUT2D eigenvalue weighted by atomic mass is 16.5. The van der Waals surface area contributed by atoms with Crippen molar-refractivity contribution in [2.45, 2.75) is 47.1 Å². The van der Waals surface area contributed by atoms with E-state index in [9.17, 15) is 9.59 Å². The van der Waals surface area contributed by atoms with Crippen LogP contribution in [0, 0.1) is 27.7 Å². The summed E-state index contributed by atoms with van der Waals surface area (Å²) >= 11 is 0. The average molecular weight is 303 g/mol. The van der Waals surface area contributed by atoms with Crippen molar-refractivity contribution >= 4 is 5.91 Å². The van der Waals surface area contributed by atoms with Gasteiger partial charge in [-0.2, -0.15) is 0 Å². The van der Waals surface area contributed by atoms with Crippen LogP contribution < -0.4 is 10.9 Å². The van der Waals surface area contributed by atoms with Crippen LogP contribution >= 0.6 is 0 Å². The highest BCUT2D eigenvalue weighted by molar-refractivity contribution is 5.76. The molecule has 0 saturated heterocycles. The quantitative estimate of drug-likeness (QED) is 0.882. The lowest BCUT2D eigenvalue weighted by molar-refractivity contribution is -0.121. The summed E-state index contributed by atoms with van der Waals surface area (Å²) in [5, 5.41) is 6.66. The molecule has 1 amide bonds. The predicted octanol–water partition coefficient (Wildman–Crippen LogP) is 1.85. The van der Waals surface area contributed by atoms with Crippen molar-refractivity contribution < 1.29 is 9.32 Å². The third kappa shape index (κ3) is 3.63. The lowest BCUT2D eigenvalue weighted by Gasteiger charge is -2.08. The van der Waals surface area contributed by atoms with Gasteiger partial charge in [0.05, 0.1) is 5.69 Å². The van der Waals surface area contributed by atoms with E-state index in [0.717, 1.165) is 28.3 Å². The van der Waals surface area contributed by atoms with Crippen molar-refractivity contribution in [3.63, 3.8) is 0 Å². The number of aryl methyl sites for hydroxylation is 4. The highest BCUT2D eigenvalue weighted by Crippen LogP contribution is 2.14. The Morgan fingerprint density at radius 3 is 2.59 bits per heavy atom. The first-order valence-corrected chi connectivity index (χ1v) is 7.26. The van der Waals surface area contributed by atoms with Crippen LogP contribution in [0.3, 0.4) is 0 Å². The Hall–Kier alpha value is -2.37. The molecule has 0 aromatic carbocycles. The van der Waals surface area contributed by atoms with Crippen molar-refractivity contribution in [1.82, 2.24) is 15.5 Å². The molecule has 0 unspecified atom stereocenters. The third-order valence-corrected chi connectivity index (χ3v) is 3.74. The molecule has 2 N–H and O–H groups in total. The van der Waals surface area contributed by atoms with Crippen LogP contribution in [-0.4, -0.2) is 16.0 Å². The van der Waals surface area contributed by atoms with E-state index in [-0.39, 0.29) is 18.0 Å². The van der Waals surface area contributed by atoms with E-state index in [1.165, 1.54) is 0 Å². The van der Waals surface area contributed by atoms with Gasteiger partial charge in [0.25, 0.3) is 5.56 Å². The van der Waals surface area contributed by atoms with Crippen molar-refractivity contribution in [3.05, 3.63) is 50.3 Å². The number of amides is 1. The summed E-state index contributed by atoms with van der Waals surface area (Å²) in [5.74, 6) is 0.649. The van der Waals surface area contributed by atoms with E-state index < -0.39 is 0 Å². The van der Waals surface area contributed by atoms with Crippen LogP contribution in [0.25, 0.3) is 0 Å². The lowest BCUT2D eigenvalue weighted by Crippen LogP contribution is -2.28.